The molecule has 2 heterocycles. The molecule has 6 heteroatoms. The van der Waals surface area contributed by atoms with Crippen LogP contribution in [0.2, 0.25) is 0 Å². The number of carbonyl (C=O) groups excluding carboxylic acids is 3. The van der Waals surface area contributed by atoms with Gasteiger partial charge in [-0.15, -0.1) is 0 Å². The first-order chi connectivity index (χ1) is 11.2. The summed E-state index contributed by atoms with van der Waals surface area (Å²) >= 11 is 0. The van der Waals surface area contributed by atoms with Crippen LogP contribution < -0.4 is 0 Å². The summed E-state index contributed by atoms with van der Waals surface area (Å²) in [6, 6.07) is 3.49. The lowest BCUT2D eigenvalue weighted by molar-refractivity contribution is -0.145. The Hall–Kier alpha value is -2.24. The Bertz CT molecular complexity index is 596. The molecule has 0 atom stereocenters. The van der Waals surface area contributed by atoms with Crippen LogP contribution in [0.15, 0.2) is 24.5 Å². The summed E-state index contributed by atoms with van der Waals surface area (Å²) in [5.41, 5.74) is 0.264. The number of Topliss-reactive ketones (excluding diaryl/α,β-unsaturated/α-hetero) is 1. The monoisotopic (exact) mass is 315 g/mol. The fourth-order valence-electron chi connectivity index (χ4n) is 3.40. The van der Waals surface area contributed by atoms with Crippen molar-refractivity contribution in [3.05, 3.63) is 30.1 Å². The second-order valence-corrected chi connectivity index (χ2v) is 6.18. The van der Waals surface area contributed by atoms with Crippen molar-refractivity contribution in [3.63, 3.8) is 0 Å². The maximum atomic E-state index is 12.4. The summed E-state index contributed by atoms with van der Waals surface area (Å²) < 4.78 is 0. The number of hydrogen-bond acceptors (Lipinski definition) is 4. The van der Waals surface area contributed by atoms with E-state index in [2.05, 4.69) is 4.98 Å². The summed E-state index contributed by atoms with van der Waals surface area (Å²) in [5.74, 6) is -1.26. The minimum Gasteiger partial charge on any atom is -0.336 e. The topological polar surface area (TPSA) is 70.6 Å². The zero-order valence-corrected chi connectivity index (χ0v) is 13.1. The number of hydrogen-bond donors (Lipinski definition) is 0. The highest BCUT2D eigenvalue weighted by atomic mass is 16.2. The molecule has 2 amide bonds. The summed E-state index contributed by atoms with van der Waals surface area (Å²) in [4.78, 5) is 44.0. The van der Waals surface area contributed by atoms with Gasteiger partial charge in [-0.05, 0) is 25.0 Å². The highest BCUT2D eigenvalue weighted by Gasteiger charge is 2.34. The van der Waals surface area contributed by atoms with Gasteiger partial charge in [0.1, 0.15) is 6.54 Å². The van der Waals surface area contributed by atoms with Gasteiger partial charge in [0.25, 0.3) is 11.7 Å². The Morgan fingerprint density at radius 2 is 1.91 bits per heavy atom. The Morgan fingerprint density at radius 1 is 1.13 bits per heavy atom. The molecule has 3 rings (SSSR count). The second-order valence-electron chi connectivity index (χ2n) is 6.18. The smallest absolute Gasteiger partial charge is 0.295 e. The lowest BCUT2D eigenvalue weighted by atomic mass is 9.93. The van der Waals surface area contributed by atoms with E-state index in [9.17, 15) is 14.4 Å². The van der Waals surface area contributed by atoms with Crippen LogP contribution in [-0.4, -0.2) is 58.1 Å². The average Bonchev–Trinajstić information content (AvgIpc) is 2.62. The first kappa shape index (κ1) is 15.6. The summed E-state index contributed by atoms with van der Waals surface area (Å²) in [6.07, 6.45) is 8.59. The SMILES string of the molecule is O=C(C(=O)N1CCN(C2CCCCC2)C(=O)C1)c1cccnc1. The number of ketones is 1. The van der Waals surface area contributed by atoms with Gasteiger partial charge in [-0.25, -0.2) is 0 Å². The van der Waals surface area contributed by atoms with Crippen LogP contribution in [0, 0.1) is 0 Å². The molecule has 2 fully saturated rings. The van der Waals surface area contributed by atoms with Crippen molar-refractivity contribution < 1.29 is 14.4 Å². The predicted octanol–water partition coefficient (Wildman–Crippen LogP) is 1.27. The molecule has 0 radical (unpaired) electrons. The van der Waals surface area contributed by atoms with Crippen LogP contribution in [0.1, 0.15) is 42.5 Å². The molecule has 6 nitrogen and oxygen atoms in total. The molecule has 122 valence electrons. The number of amides is 2. The minimum absolute atomic E-state index is 0.00132. The van der Waals surface area contributed by atoms with E-state index in [4.69, 9.17) is 0 Å². The van der Waals surface area contributed by atoms with Gasteiger partial charge >= 0.3 is 0 Å². The van der Waals surface area contributed by atoms with Gasteiger partial charge in [-0.1, -0.05) is 19.3 Å². The molecule has 1 saturated heterocycles. The van der Waals surface area contributed by atoms with Crippen molar-refractivity contribution in [2.24, 2.45) is 0 Å². The molecule has 1 aromatic heterocycles. The molecular weight excluding hydrogens is 294 g/mol. The van der Waals surface area contributed by atoms with Crippen LogP contribution in [0.5, 0.6) is 0 Å². The lowest BCUT2D eigenvalue weighted by Crippen LogP contribution is -2.56. The molecule has 0 aromatic carbocycles. The number of nitrogens with zero attached hydrogens (tertiary/aromatic N) is 3. The Kier molecular flexibility index (Phi) is 4.69. The number of carbonyl (C=O) groups is 3. The quantitative estimate of drug-likeness (QED) is 0.622. The fourth-order valence-corrected chi connectivity index (χ4v) is 3.40. The van der Waals surface area contributed by atoms with Gasteiger partial charge in [-0.2, -0.15) is 0 Å². The zero-order valence-electron chi connectivity index (χ0n) is 13.1. The van der Waals surface area contributed by atoms with E-state index in [0.717, 1.165) is 25.7 Å². The van der Waals surface area contributed by atoms with E-state index >= 15 is 0 Å². The Labute approximate surface area is 135 Å². The van der Waals surface area contributed by atoms with Gasteiger partial charge in [-0.3, -0.25) is 19.4 Å². The molecule has 0 bridgehead atoms. The molecular formula is C17H21N3O3. The number of piperazine rings is 1. The van der Waals surface area contributed by atoms with Crippen molar-refractivity contribution in [2.45, 2.75) is 38.1 Å². The fraction of sp³-hybridized carbons (Fsp3) is 0.529. The normalized spacial score (nSPS) is 19.7. The van der Waals surface area contributed by atoms with Crippen molar-refractivity contribution in [1.82, 2.24) is 14.8 Å². The first-order valence-electron chi connectivity index (χ1n) is 8.20. The highest BCUT2D eigenvalue weighted by Crippen LogP contribution is 2.24. The van der Waals surface area contributed by atoms with Crippen LogP contribution in [0.25, 0.3) is 0 Å². The second kappa shape index (κ2) is 6.89. The van der Waals surface area contributed by atoms with Gasteiger partial charge in [0, 0.05) is 37.1 Å². The maximum Gasteiger partial charge on any atom is 0.295 e. The van der Waals surface area contributed by atoms with Crippen molar-refractivity contribution >= 4 is 17.6 Å². The molecule has 1 aromatic rings. The Morgan fingerprint density at radius 3 is 2.57 bits per heavy atom. The molecule has 1 aliphatic heterocycles. The number of pyridine rings is 1. The zero-order chi connectivity index (χ0) is 16.2. The van der Waals surface area contributed by atoms with Crippen molar-refractivity contribution in [3.8, 4) is 0 Å². The third-order valence-electron chi connectivity index (χ3n) is 4.68. The lowest BCUT2D eigenvalue weighted by Gasteiger charge is -2.40. The first-order valence-corrected chi connectivity index (χ1v) is 8.20. The van der Waals surface area contributed by atoms with E-state index in [1.54, 1.807) is 18.3 Å². The molecule has 0 spiro atoms. The molecule has 2 aliphatic rings. The Balaban J connectivity index is 1.62. The average molecular weight is 315 g/mol. The maximum absolute atomic E-state index is 12.4. The van der Waals surface area contributed by atoms with Gasteiger partial charge < -0.3 is 9.80 Å². The van der Waals surface area contributed by atoms with Crippen LogP contribution >= 0.6 is 0 Å². The molecule has 1 saturated carbocycles. The molecule has 1 aliphatic carbocycles. The van der Waals surface area contributed by atoms with Gasteiger partial charge in [0.05, 0.1) is 0 Å². The van der Waals surface area contributed by atoms with E-state index in [1.165, 1.54) is 17.5 Å². The third-order valence-corrected chi connectivity index (χ3v) is 4.68. The van der Waals surface area contributed by atoms with E-state index in [1.807, 2.05) is 4.90 Å². The van der Waals surface area contributed by atoms with Gasteiger partial charge in [0.15, 0.2) is 0 Å². The predicted molar refractivity (Wildman–Crippen MR) is 83.7 cm³/mol. The highest BCUT2D eigenvalue weighted by molar-refractivity contribution is 6.42. The van der Waals surface area contributed by atoms with E-state index < -0.39 is 11.7 Å². The third kappa shape index (κ3) is 3.41. The van der Waals surface area contributed by atoms with Crippen molar-refractivity contribution in [1.29, 1.82) is 0 Å². The standard InChI is InChI=1S/C17H21N3O3/c21-15-12-19(9-10-20(15)14-6-2-1-3-7-14)17(23)16(22)13-5-4-8-18-11-13/h4-5,8,11,14H,1-3,6-7,9-10,12H2. The van der Waals surface area contributed by atoms with Gasteiger partial charge in [0.2, 0.25) is 5.91 Å². The van der Waals surface area contributed by atoms with Crippen LogP contribution in [0.4, 0.5) is 0 Å². The summed E-state index contributed by atoms with van der Waals surface area (Å²) in [6.45, 7) is 0.948. The largest absolute Gasteiger partial charge is 0.336 e. The molecule has 0 unspecified atom stereocenters. The van der Waals surface area contributed by atoms with Crippen molar-refractivity contribution in [2.75, 3.05) is 19.6 Å². The van der Waals surface area contributed by atoms with E-state index in [-0.39, 0.29) is 18.0 Å². The summed E-state index contributed by atoms with van der Waals surface area (Å²) in [5, 5.41) is 0. The van der Waals surface area contributed by atoms with Crippen LogP contribution in [0.3, 0.4) is 0 Å². The van der Waals surface area contributed by atoms with Crippen LogP contribution in [-0.2, 0) is 9.59 Å². The number of aromatic nitrogens is 1. The number of rotatable bonds is 3. The summed E-state index contributed by atoms with van der Waals surface area (Å²) in [7, 11) is 0. The minimum atomic E-state index is -0.616. The van der Waals surface area contributed by atoms with E-state index in [0.29, 0.717) is 19.1 Å². The molecule has 0 N–H and O–H groups in total. The molecule has 23 heavy (non-hydrogen) atoms.